The fourth-order valence-corrected chi connectivity index (χ4v) is 2.41. The fraction of sp³-hybridized carbons (Fsp3) is 0.462. The highest BCUT2D eigenvalue weighted by Crippen LogP contribution is 2.18. The van der Waals surface area contributed by atoms with Gasteiger partial charge in [0.1, 0.15) is 0 Å². The highest BCUT2D eigenvalue weighted by molar-refractivity contribution is 7.10. The van der Waals surface area contributed by atoms with E-state index < -0.39 is 0 Å². The van der Waals surface area contributed by atoms with Gasteiger partial charge in [0.05, 0.1) is 5.69 Å². The van der Waals surface area contributed by atoms with Crippen LogP contribution in [0.15, 0.2) is 29.8 Å². The number of rotatable bonds is 5. The van der Waals surface area contributed by atoms with Crippen LogP contribution in [0, 0.1) is 0 Å². The number of nitrogens with one attached hydrogen (secondary N) is 1. The minimum Gasteiger partial charge on any atom is -0.304 e. The third kappa shape index (κ3) is 3.17. The van der Waals surface area contributed by atoms with Gasteiger partial charge in [-0.25, -0.2) is 0 Å². The monoisotopic (exact) mass is 249 g/mol. The van der Waals surface area contributed by atoms with Crippen molar-refractivity contribution in [3.8, 4) is 0 Å². The maximum atomic E-state index is 4.52. The summed E-state index contributed by atoms with van der Waals surface area (Å²) in [7, 11) is 0. The zero-order valence-corrected chi connectivity index (χ0v) is 11.4. The molecule has 0 bridgehead atoms. The number of thiophene rings is 1. The van der Waals surface area contributed by atoms with E-state index in [9.17, 15) is 0 Å². The molecule has 17 heavy (non-hydrogen) atoms. The van der Waals surface area contributed by atoms with E-state index >= 15 is 0 Å². The van der Waals surface area contributed by atoms with Gasteiger partial charge in [0, 0.05) is 29.7 Å². The molecular weight excluding hydrogens is 230 g/mol. The van der Waals surface area contributed by atoms with Crippen LogP contribution in [0.25, 0.3) is 0 Å². The average molecular weight is 249 g/mol. The third-order valence-electron chi connectivity index (χ3n) is 2.75. The quantitative estimate of drug-likeness (QED) is 0.880. The van der Waals surface area contributed by atoms with E-state index in [1.807, 2.05) is 10.9 Å². The Morgan fingerprint density at radius 1 is 1.35 bits per heavy atom. The molecule has 1 N–H and O–H groups in total. The Hall–Kier alpha value is -1.13. The molecule has 92 valence electrons. The molecule has 1 atom stereocenters. The molecule has 2 aromatic rings. The van der Waals surface area contributed by atoms with Gasteiger partial charge >= 0.3 is 0 Å². The van der Waals surface area contributed by atoms with E-state index in [2.05, 4.69) is 54.8 Å². The van der Waals surface area contributed by atoms with Gasteiger partial charge in [0.2, 0.25) is 0 Å². The molecular formula is C13H19N3S. The van der Waals surface area contributed by atoms with Crippen LogP contribution in [0.5, 0.6) is 0 Å². The van der Waals surface area contributed by atoms with Crippen LogP contribution in [0.1, 0.15) is 43.4 Å². The number of hydrogen-bond acceptors (Lipinski definition) is 3. The molecule has 0 radical (unpaired) electrons. The molecule has 0 fully saturated rings. The molecule has 4 heteroatoms. The topological polar surface area (TPSA) is 29.9 Å². The molecule has 0 aliphatic heterocycles. The Labute approximate surface area is 106 Å². The molecule has 0 saturated carbocycles. The summed E-state index contributed by atoms with van der Waals surface area (Å²) in [5, 5.41) is 10.1. The molecule has 0 unspecified atom stereocenters. The van der Waals surface area contributed by atoms with Gasteiger partial charge in [-0.1, -0.05) is 6.07 Å². The summed E-state index contributed by atoms with van der Waals surface area (Å²) in [5.74, 6) is 0. The minimum atomic E-state index is 0.388. The van der Waals surface area contributed by atoms with Gasteiger partial charge in [-0.15, -0.1) is 11.3 Å². The van der Waals surface area contributed by atoms with Crippen molar-refractivity contribution in [2.24, 2.45) is 0 Å². The summed E-state index contributed by atoms with van der Waals surface area (Å²) in [6.45, 7) is 7.28. The van der Waals surface area contributed by atoms with Crippen molar-refractivity contribution in [1.82, 2.24) is 15.1 Å². The lowest BCUT2D eigenvalue weighted by atomic mass is 10.2. The van der Waals surface area contributed by atoms with Crippen LogP contribution in [0.2, 0.25) is 0 Å². The standard InChI is InChI=1S/C13H19N3S/c1-10(2)16-7-6-12(15-16)9-14-11(3)13-5-4-8-17-13/h4-8,10-11,14H,9H2,1-3H3/t11-/m0/s1. The van der Waals surface area contributed by atoms with Crippen molar-refractivity contribution in [2.75, 3.05) is 0 Å². The first-order valence-electron chi connectivity index (χ1n) is 5.97. The second kappa shape index (κ2) is 5.47. The van der Waals surface area contributed by atoms with Crippen molar-refractivity contribution < 1.29 is 0 Å². The maximum absolute atomic E-state index is 4.52. The summed E-state index contributed by atoms with van der Waals surface area (Å²) < 4.78 is 1.99. The van der Waals surface area contributed by atoms with Crippen LogP contribution in [0.4, 0.5) is 0 Å². The summed E-state index contributed by atoms with van der Waals surface area (Å²) in [6.07, 6.45) is 2.04. The predicted molar refractivity (Wildman–Crippen MR) is 72.2 cm³/mol. The maximum Gasteiger partial charge on any atom is 0.0762 e. The van der Waals surface area contributed by atoms with Crippen LogP contribution in [0.3, 0.4) is 0 Å². The second-order valence-electron chi connectivity index (χ2n) is 4.50. The molecule has 0 spiro atoms. The van der Waals surface area contributed by atoms with Gasteiger partial charge in [0.25, 0.3) is 0 Å². The van der Waals surface area contributed by atoms with Crippen LogP contribution in [-0.4, -0.2) is 9.78 Å². The Balaban J connectivity index is 1.89. The highest BCUT2D eigenvalue weighted by atomic mass is 32.1. The summed E-state index contributed by atoms with van der Waals surface area (Å²) in [5.41, 5.74) is 1.10. The molecule has 2 heterocycles. The predicted octanol–water partition coefficient (Wildman–Crippen LogP) is 3.38. The summed E-state index contributed by atoms with van der Waals surface area (Å²) >= 11 is 1.79. The average Bonchev–Trinajstić information content (AvgIpc) is 2.97. The first-order chi connectivity index (χ1) is 8.16. The lowest BCUT2D eigenvalue weighted by molar-refractivity contribution is 0.513. The van der Waals surface area contributed by atoms with Crippen LogP contribution in [-0.2, 0) is 6.54 Å². The van der Waals surface area contributed by atoms with Gasteiger partial charge in [-0.05, 0) is 38.3 Å². The van der Waals surface area contributed by atoms with Gasteiger partial charge in [-0.2, -0.15) is 5.10 Å². The number of nitrogens with zero attached hydrogens (tertiary/aromatic N) is 2. The van der Waals surface area contributed by atoms with Gasteiger partial charge in [0.15, 0.2) is 0 Å². The van der Waals surface area contributed by atoms with E-state index in [0.29, 0.717) is 12.1 Å². The number of hydrogen-bond donors (Lipinski definition) is 1. The molecule has 0 aliphatic carbocycles. The van der Waals surface area contributed by atoms with Gasteiger partial charge in [-0.3, -0.25) is 4.68 Å². The molecule has 0 saturated heterocycles. The summed E-state index contributed by atoms with van der Waals surface area (Å²) in [4.78, 5) is 1.37. The van der Waals surface area contributed by atoms with Crippen molar-refractivity contribution in [1.29, 1.82) is 0 Å². The fourth-order valence-electron chi connectivity index (χ4n) is 1.66. The molecule has 3 nitrogen and oxygen atoms in total. The Bertz CT molecular complexity index is 445. The van der Waals surface area contributed by atoms with Crippen molar-refractivity contribution in [3.05, 3.63) is 40.3 Å². The molecule has 0 amide bonds. The minimum absolute atomic E-state index is 0.388. The normalized spacial score (nSPS) is 13.2. The first kappa shape index (κ1) is 12.3. The van der Waals surface area contributed by atoms with Crippen molar-refractivity contribution in [2.45, 2.75) is 39.4 Å². The lowest BCUT2D eigenvalue weighted by Gasteiger charge is -2.10. The second-order valence-corrected chi connectivity index (χ2v) is 5.48. The molecule has 2 rings (SSSR count). The SMILES string of the molecule is CC(C)n1ccc(CN[C@@H](C)c2cccs2)n1. The van der Waals surface area contributed by atoms with E-state index in [1.165, 1.54) is 4.88 Å². The third-order valence-corrected chi connectivity index (χ3v) is 3.81. The summed E-state index contributed by atoms with van der Waals surface area (Å²) in [6, 6.07) is 7.15. The lowest BCUT2D eigenvalue weighted by Crippen LogP contribution is -2.17. The zero-order chi connectivity index (χ0) is 12.3. The van der Waals surface area contributed by atoms with E-state index in [-0.39, 0.29) is 0 Å². The van der Waals surface area contributed by atoms with Crippen LogP contribution >= 0.6 is 11.3 Å². The van der Waals surface area contributed by atoms with E-state index in [1.54, 1.807) is 11.3 Å². The van der Waals surface area contributed by atoms with Crippen LogP contribution < -0.4 is 5.32 Å². The smallest absolute Gasteiger partial charge is 0.0762 e. The van der Waals surface area contributed by atoms with Gasteiger partial charge < -0.3 is 5.32 Å². The highest BCUT2D eigenvalue weighted by Gasteiger charge is 2.07. The van der Waals surface area contributed by atoms with E-state index in [4.69, 9.17) is 0 Å². The zero-order valence-electron chi connectivity index (χ0n) is 10.6. The van der Waals surface area contributed by atoms with E-state index in [0.717, 1.165) is 12.2 Å². The molecule has 0 aliphatic rings. The number of aromatic nitrogens is 2. The van der Waals surface area contributed by atoms with Crippen molar-refractivity contribution >= 4 is 11.3 Å². The molecule has 0 aromatic carbocycles. The Morgan fingerprint density at radius 2 is 2.18 bits per heavy atom. The molecule has 2 aromatic heterocycles. The first-order valence-corrected chi connectivity index (χ1v) is 6.85. The van der Waals surface area contributed by atoms with Crippen molar-refractivity contribution in [3.63, 3.8) is 0 Å². The Kier molecular flexibility index (Phi) is 3.97. The Morgan fingerprint density at radius 3 is 2.76 bits per heavy atom. The largest absolute Gasteiger partial charge is 0.304 e.